The van der Waals surface area contributed by atoms with E-state index in [1.165, 1.54) is 5.69 Å². The first-order chi connectivity index (χ1) is 12.1. The summed E-state index contributed by atoms with van der Waals surface area (Å²) >= 11 is 0. The van der Waals surface area contributed by atoms with Crippen molar-refractivity contribution < 1.29 is 0 Å². The van der Waals surface area contributed by atoms with Crippen molar-refractivity contribution in [2.45, 2.75) is 18.9 Å². The number of fused-ring (bicyclic) bond motifs is 1. The van der Waals surface area contributed by atoms with Crippen molar-refractivity contribution in [3.05, 3.63) is 30.7 Å². The van der Waals surface area contributed by atoms with Crippen LogP contribution < -0.4 is 10.6 Å². The Hall–Kier alpha value is -2.67. The summed E-state index contributed by atoms with van der Waals surface area (Å²) in [6.45, 7) is 2.26. The number of anilines is 2. The summed E-state index contributed by atoms with van der Waals surface area (Å²) in [6.07, 6.45) is 7.82. The van der Waals surface area contributed by atoms with Crippen LogP contribution in [0.3, 0.4) is 0 Å². The molecule has 0 amide bonds. The van der Waals surface area contributed by atoms with Gasteiger partial charge in [0.2, 0.25) is 5.95 Å². The molecule has 0 bridgehead atoms. The predicted molar refractivity (Wildman–Crippen MR) is 100 cm³/mol. The Balaban J connectivity index is 1.78. The molecule has 4 rings (SSSR count). The summed E-state index contributed by atoms with van der Waals surface area (Å²) < 4.78 is 0. The largest absolute Gasteiger partial charge is 0.371 e. The summed E-state index contributed by atoms with van der Waals surface area (Å²) in [5, 5.41) is 1.09. The normalized spacial score (nSPS) is 16.4. The van der Waals surface area contributed by atoms with Crippen LogP contribution >= 0.6 is 0 Å². The first-order valence-electron chi connectivity index (χ1n) is 8.60. The van der Waals surface area contributed by atoms with Gasteiger partial charge in [0.05, 0.1) is 11.1 Å². The molecule has 1 aliphatic rings. The highest BCUT2D eigenvalue weighted by molar-refractivity contribution is 6.02. The van der Waals surface area contributed by atoms with E-state index >= 15 is 0 Å². The maximum absolute atomic E-state index is 5.77. The zero-order valence-electron chi connectivity index (χ0n) is 14.6. The predicted octanol–water partition coefficient (Wildman–Crippen LogP) is 2.13. The molecule has 4 heterocycles. The molecule has 3 aromatic heterocycles. The van der Waals surface area contributed by atoms with Crippen molar-refractivity contribution in [1.29, 1.82) is 0 Å². The molecule has 7 nitrogen and oxygen atoms in total. The minimum Gasteiger partial charge on any atom is -0.371 e. The second kappa shape index (κ2) is 6.33. The fourth-order valence-corrected chi connectivity index (χ4v) is 3.64. The Labute approximate surface area is 146 Å². The number of nitrogens with one attached hydrogen (secondary N) is 1. The Kier molecular flexibility index (Phi) is 4.01. The van der Waals surface area contributed by atoms with E-state index in [0.717, 1.165) is 48.2 Å². The molecule has 0 aliphatic carbocycles. The van der Waals surface area contributed by atoms with Crippen molar-refractivity contribution in [3.63, 3.8) is 0 Å². The molecular formula is C18H23N7. The summed E-state index contributed by atoms with van der Waals surface area (Å²) in [4.78, 5) is 20.9. The number of pyridine rings is 1. The van der Waals surface area contributed by atoms with E-state index in [-0.39, 0.29) is 5.95 Å². The average Bonchev–Trinajstić information content (AvgIpc) is 3.06. The Bertz CT molecular complexity index is 880. The molecule has 1 fully saturated rings. The number of nitrogen functional groups attached to an aromatic ring is 1. The SMILES string of the molecule is CN1CCC(N(C)c2ccnc3[nH]cc(-c4ccnc(N)n4)c23)CC1. The summed E-state index contributed by atoms with van der Waals surface area (Å²) in [5.74, 6) is 0.279. The minimum absolute atomic E-state index is 0.279. The minimum atomic E-state index is 0.279. The van der Waals surface area contributed by atoms with Gasteiger partial charge < -0.3 is 20.5 Å². The van der Waals surface area contributed by atoms with Crippen LogP contribution in [0.4, 0.5) is 11.6 Å². The highest BCUT2D eigenvalue weighted by atomic mass is 15.2. The molecular weight excluding hydrogens is 314 g/mol. The molecule has 3 N–H and O–H groups in total. The number of hydrogen-bond donors (Lipinski definition) is 2. The standard InChI is InChI=1S/C18H23N7/c1-24-9-5-12(6-10-24)25(2)15-4-8-20-17-16(15)13(11-22-17)14-3-7-21-18(19)23-14/h3-4,7-8,11-12H,5-6,9-10H2,1-2H3,(H,20,22)(H2,19,21,23). The lowest BCUT2D eigenvalue weighted by Gasteiger charge is -2.36. The molecule has 0 unspecified atom stereocenters. The molecule has 130 valence electrons. The van der Waals surface area contributed by atoms with Gasteiger partial charge in [-0.15, -0.1) is 0 Å². The van der Waals surface area contributed by atoms with Crippen molar-refractivity contribution >= 4 is 22.7 Å². The molecule has 0 saturated carbocycles. The Morgan fingerprint density at radius 1 is 1.20 bits per heavy atom. The van der Waals surface area contributed by atoms with Crippen LogP contribution in [-0.4, -0.2) is 58.1 Å². The fraction of sp³-hybridized carbons (Fsp3) is 0.389. The van der Waals surface area contributed by atoms with Gasteiger partial charge in [0.25, 0.3) is 0 Å². The number of H-pyrrole nitrogens is 1. The number of rotatable bonds is 3. The van der Waals surface area contributed by atoms with Crippen LogP contribution in [-0.2, 0) is 0 Å². The summed E-state index contributed by atoms with van der Waals surface area (Å²) in [6, 6.07) is 4.49. The zero-order chi connectivity index (χ0) is 17.4. The molecule has 3 aromatic rings. The fourth-order valence-electron chi connectivity index (χ4n) is 3.64. The Morgan fingerprint density at radius 2 is 1.96 bits per heavy atom. The van der Waals surface area contributed by atoms with E-state index in [1.54, 1.807) is 6.20 Å². The number of aromatic nitrogens is 4. The van der Waals surface area contributed by atoms with Gasteiger partial charge in [-0.3, -0.25) is 0 Å². The first kappa shape index (κ1) is 15.8. The quantitative estimate of drug-likeness (QED) is 0.761. The van der Waals surface area contributed by atoms with Crippen LogP contribution in [0, 0.1) is 0 Å². The molecule has 0 aromatic carbocycles. The summed E-state index contributed by atoms with van der Waals surface area (Å²) in [5.41, 5.74) is 9.63. The third kappa shape index (κ3) is 2.91. The van der Waals surface area contributed by atoms with Gasteiger partial charge in [-0.2, -0.15) is 0 Å². The van der Waals surface area contributed by atoms with Gasteiger partial charge in [-0.05, 0) is 45.1 Å². The Morgan fingerprint density at radius 3 is 2.72 bits per heavy atom. The third-order valence-corrected chi connectivity index (χ3v) is 5.12. The van der Waals surface area contributed by atoms with Gasteiger partial charge >= 0.3 is 0 Å². The number of aromatic amines is 1. The number of hydrogen-bond acceptors (Lipinski definition) is 6. The van der Waals surface area contributed by atoms with Crippen LogP contribution in [0.2, 0.25) is 0 Å². The van der Waals surface area contributed by atoms with Gasteiger partial charge in [0.1, 0.15) is 5.65 Å². The molecule has 1 saturated heterocycles. The lowest BCUT2D eigenvalue weighted by atomic mass is 10.0. The molecule has 0 atom stereocenters. The van der Waals surface area contributed by atoms with Crippen molar-refractivity contribution in [2.24, 2.45) is 0 Å². The molecule has 1 aliphatic heterocycles. The van der Waals surface area contributed by atoms with Crippen LogP contribution in [0.5, 0.6) is 0 Å². The van der Waals surface area contributed by atoms with E-state index in [2.05, 4.69) is 49.9 Å². The maximum Gasteiger partial charge on any atom is 0.220 e. The maximum atomic E-state index is 5.77. The zero-order valence-corrected chi connectivity index (χ0v) is 14.6. The number of nitrogens with two attached hydrogens (primary N) is 1. The topological polar surface area (TPSA) is 87.0 Å². The van der Waals surface area contributed by atoms with E-state index in [4.69, 9.17) is 5.73 Å². The lowest BCUT2D eigenvalue weighted by Crippen LogP contribution is -2.42. The highest BCUT2D eigenvalue weighted by Crippen LogP contribution is 2.35. The van der Waals surface area contributed by atoms with Crippen LogP contribution in [0.15, 0.2) is 30.7 Å². The van der Waals surface area contributed by atoms with Gasteiger partial charge in [0.15, 0.2) is 0 Å². The second-order valence-corrected chi connectivity index (χ2v) is 6.70. The van der Waals surface area contributed by atoms with Crippen LogP contribution in [0.1, 0.15) is 12.8 Å². The van der Waals surface area contributed by atoms with Crippen LogP contribution in [0.25, 0.3) is 22.3 Å². The number of nitrogens with zero attached hydrogens (tertiary/aromatic N) is 5. The first-order valence-corrected chi connectivity index (χ1v) is 8.60. The van der Waals surface area contributed by atoms with E-state index in [1.807, 2.05) is 18.5 Å². The van der Waals surface area contributed by atoms with Gasteiger partial charge in [0, 0.05) is 42.9 Å². The highest BCUT2D eigenvalue weighted by Gasteiger charge is 2.23. The van der Waals surface area contributed by atoms with E-state index in [9.17, 15) is 0 Å². The molecule has 7 heteroatoms. The molecule has 0 spiro atoms. The molecule has 0 radical (unpaired) electrons. The van der Waals surface area contributed by atoms with Crippen molar-refractivity contribution in [2.75, 3.05) is 37.8 Å². The lowest BCUT2D eigenvalue weighted by molar-refractivity contribution is 0.253. The monoisotopic (exact) mass is 337 g/mol. The van der Waals surface area contributed by atoms with E-state index in [0.29, 0.717) is 6.04 Å². The average molecular weight is 337 g/mol. The second-order valence-electron chi connectivity index (χ2n) is 6.70. The van der Waals surface area contributed by atoms with Gasteiger partial charge in [-0.1, -0.05) is 0 Å². The van der Waals surface area contributed by atoms with Crippen molar-refractivity contribution in [3.8, 4) is 11.3 Å². The van der Waals surface area contributed by atoms with Gasteiger partial charge in [-0.25, -0.2) is 15.0 Å². The third-order valence-electron chi connectivity index (χ3n) is 5.12. The number of piperidine rings is 1. The van der Waals surface area contributed by atoms with Crippen molar-refractivity contribution in [1.82, 2.24) is 24.8 Å². The smallest absolute Gasteiger partial charge is 0.220 e. The van der Waals surface area contributed by atoms with E-state index < -0.39 is 0 Å². The summed E-state index contributed by atoms with van der Waals surface area (Å²) in [7, 11) is 4.36. The molecule has 25 heavy (non-hydrogen) atoms. The number of likely N-dealkylation sites (tertiary alicyclic amines) is 1.